The van der Waals surface area contributed by atoms with Crippen LogP contribution in [0.25, 0.3) is 0 Å². The van der Waals surface area contributed by atoms with Crippen LogP contribution >= 0.6 is 0 Å². The molecular weight excluding hydrogens is 306 g/mol. The maximum atomic E-state index is 12.1. The molecule has 7 heteroatoms. The molecule has 24 heavy (non-hydrogen) atoms. The third-order valence-corrected chi connectivity index (χ3v) is 4.19. The van der Waals surface area contributed by atoms with E-state index in [1.807, 2.05) is 30.3 Å². The number of para-hydroxylation sites is 1. The molecule has 2 atom stereocenters. The number of nitrogens with one attached hydrogen (secondary N) is 1. The predicted molar refractivity (Wildman–Crippen MR) is 88.2 cm³/mol. The predicted octanol–water partition coefficient (Wildman–Crippen LogP) is 1.95. The van der Waals surface area contributed by atoms with Gasteiger partial charge in [-0.3, -0.25) is 4.79 Å². The van der Waals surface area contributed by atoms with Crippen LogP contribution in [-0.4, -0.2) is 32.2 Å². The van der Waals surface area contributed by atoms with Gasteiger partial charge in [0.1, 0.15) is 12.3 Å². The number of benzene rings is 1. The monoisotopic (exact) mass is 329 g/mol. The van der Waals surface area contributed by atoms with Gasteiger partial charge in [-0.15, -0.1) is 10.2 Å². The molecule has 1 aliphatic carbocycles. The van der Waals surface area contributed by atoms with Gasteiger partial charge in [0.25, 0.3) is 0 Å². The van der Waals surface area contributed by atoms with E-state index in [4.69, 9.17) is 4.74 Å². The molecule has 128 valence electrons. The molecule has 0 spiro atoms. The van der Waals surface area contributed by atoms with Gasteiger partial charge in [-0.1, -0.05) is 38.0 Å². The third kappa shape index (κ3) is 4.78. The van der Waals surface area contributed by atoms with Crippen LogP contribution in [0.3, 0.4) is 0 Å². The van der Waals surface area contributed by atoms with Gasteiger partial charge in [0.05, 0.1) is 0 Å². The van der Waals surface area contributed by atoms with Crippen LogP contribution in [0.5, 0.6) is 5.75 Å². The van der Waals surface area contributed by atoms with Crippen LogP contribution in [0, 0.1) is 5.92 Å². The first-order valence-corrected chi connectivity index (χ1v) is 8.43. The highest BCUT2D eigenvalue weighted by molar-refractivity contribution is 5.75. The second-order valence-electron chi connectivity index (χ2n) is 6.37. The van der Waals surface area contributed by atoms with Crippen molar-refractivity contribution in [2.75, 3.05) is 0 Å². The SMILES string of the molecule is C[C@@H]1CCC[C@H](NC(=O)Cn2nnc(COc3ccccc3)n2)C1. The Hall–Kier alpha value is -2.44. The molecule has 2 aromatic rings. The number of hydrogen-bond donors (Lipinski definition) is 1. The van der Waals surface area contributed by atoms with E-state index in [1.54, 1.807) is 0 Å². The smallest absolute Gasteiger partial charge is 0.243 e. The number of carbonyl (C=O) groups excluding carboxylic acids is 1. The zero-order valence-corrected chi connectivity index (χ0v) is 13.9. The fourth-order valence-electron chi connectivity index (χ4n) is 3.03. The molecule has 1 aromatic carbocycles. The van der Waals surface area contributed by atoms with Crippen LogP contribution < -0.4 is 10.1 Å². The van der Waals surface area contributed by atoms with Crippen LogP contribution in [0.4, 0.5) is 0 Å². The maximum absolute atomic E-state index is 12.1. The summed E-state index contributed by atoms with van der Waals surface area (Å²) < 4.78 is 5.56. The second kappa shape index (κ2) is 7.90. The molecule has 3 rings (SSSR count). The van der Waals surface area contributed by atoms with Gasteiger partial charge >= 0.3 is 0 Å². The van der Waals surface area contributed by atoms with Crippen molar-refractivity contribution in [3.63, 3.8) is 0 Å². The summed E-state index contributed by atoms with van der Waals surface area (Å²) in [6, 6.07) is 9.72. The number of rotatable bonds is 6. The van der Waals surface area contributed by atoms with Crippen molar-refractivity contribution in [3.8, 4) is 5.75 Å². The Labute approximate surface area is 141 Å². The Morgan fingerprint density at radius 3 is 2.96 bits per heavy atom. The molecule has 1 fully saturated rings. The molecule has 7 nitrogen and oxygen atoms in total. The molecular formula is C17H23N5O2. The van der Waals surface area contributed by atoms with Gasteiger partial charge in [0, 0.05) is 6.04 Å². The Balaban J connectivity index is 1.46. The summed E-state index contributed by atoms with van der Waals surface area (Å²) >= 11 is 0. The summed E-state index contributed by atoms with van der Waals surface area (Å²) in [5.41, 5.74) is 0. The highest BCUT2D eigenvalue weighted by Crippen LogP contribution is 2.23. The van der Waals surface area contributed by atoms with Crippen molar-refractivity contribution in [2.24, 2.45) is 5.92 Å². The van der Waals surface area contributed by atoms with Crippen molar-refractivity contribution in [2.45, 2.75) is 51.8 Å². The number of ether oxygens (including phenoxy) is 1. The summed E-state index contributed by atoms with van der Waals surface area (Å²) in [4.78, 5) is 13.4. The molecule has 0 unspecified atom stereocenters. The fraction of sp³-hybridized carbons (Fsp3) is 0.529. The molecule has 1 aliphatic rings. The standard InChI is InChI=1S/C17H23N5O2/c1-13-6-5-7-14(10-13)18-17(23)11-22-20-16(19-21-22)12-24-15-8-3-2-4-9-15/h2-4,8-9,13-14H,5-7,10-12H2,1H3,(H,18,23)/t13-,14+/m1/s1. The van der Waals surface area contributed by atoms with E-state index in [0.717, 1.165) is 18.6 Å². The van der Waals surface area contributed by atoms with E-state index in [9.17, 15) is 4.79 Å². The van der Waals surface area contributed by atoms with Crippen molar-refractivity contribution in [1.29, 1.82) is 0 Å². The zero-order valence-electron chi connectivity index (χ0n) is 13.9. The summed E-state index contributed by atoms with van der Waals surface area (Å²) in [5.74, 6) is 1.81. The number of aromatic nitrogens is 4. The number of tetrazole rings is 1. The first kappa shape index (κ1) is 16.4. The highest BCUT2D eigenvalue weighted by atomic mass is 16.5. The minimum absolute atomic E-state index is 0.0676. The lowest BCUT2D eigenvalue weighted by atomic mass is 9.87. The second-order valence-corrected chi connectivity index (χ2v) is 6.37. The minimum atomic E-state index is -0.0676. The topological polar surface area (TPSA) is 81.9 Å². The lowest BCUT2D eigenvalue weighted by Crippen LogP contribution is -2.40. The summed E-state index contributed by atoms with van der Waals surface area (Å²) in [7, 11) is 0. The summed E-state index contributed by atoms with van der Waals surface area (Å²) in [5, 5.41) is 15.1. The number of amides is 1. The zero-order chi connectivity index (χ0) is 16.8. The summed E-state index contributed by atoms with van der Waals surface area (Å²) in [6.45, 7) is 2.55. The first-order chi connectivity index (χ1) is 11.7. The van der Waals surface area contributed by atoms with Crippen molar-refractivity contribution < 1.29 is 9.53 Å². The van der Waals surface area contributed by atoms with Crippen LogP contribution in [-0.2, 0) is 17.9 Å². The van der Waals surface area contributed by atoms with Crippen LogP contribution in [0.15, 0.2) is 30.3 Å². The van der Waals surface area contributed by atoms with E-state index in [2.05, 4.69) is 27.7 Å². The number of carbonyl (C=O) groups is 1. The van der Waals surface area contributed by atoms with E-state index in [-0.39, 0.29) is 25.1 Å². The van der Waals surface area contributed by atoms with Gasteiger partial charge in [-0.2, -0.15) is 4.80 Å². The van der Waals surface area contributed by atoms with Crippen LogP contribution in [0.1, 0.15) is 38.4 Å². The largest absolute Gasteiger partial charge is 0.485 e. The van der Waals surface area contributed by atoms with Crippen molar-refractivity contribution in [1.82, 2.24) is 25.5 Å². The normalized spacial score (nSPS) is 20.5. The Bertz CT molecular complexity index is 658. The van der Waals surface area contributed by atoms with E-state index in [1.165, 1.54) is 17.6 Å². The quantitative estimate of drug-likeness (QED) is 0.876. The Morgan fingerprint density at radius 2 is 2.17 bits per heavy atom. The van der Waals surface area contributed by atoms with Crippen molar-refractivity contribution >= 4 is 5.91 Å². The molecule has 1 heterocycles. The molecule has 0 radical (unpaired) electrons. The van der Waals surface area contributed by atoms with E-state index in [0.29, 0.717) is 11.7 Å². The Morgan fingerprint density at radius 1 is 1.33 bits per heavy atom. The molecule has 0 aliphatic heterocycles. The average Bonchev–Trinajstić information content (AvgIpc) is 3.01. The van der Waals surface area contributed by atoms with Gasteiger partial charge in [-0.05, 0) is 36.1 Å². The Kier molecular flexibility index (Phi) is 5.40. The average molecular weight is 329 g/mol. The van der Waals surface area contributed by atoms with Gasteiger partial charge in [-0.25, -0.2) is 0 Å². The van der Waals surface area contributed by atoms with Crippen LogP contribution in [0.2, 0.25) is 0 Å². The van der Waals surface area contributed by atoms with Gasteiger partial charge in [0.15, 0.2) is 6.61 Å². The molecule has 0 saturated heterocycles. The maximum Gasteiger partial charge on any atom is 0.243 e. The highest BCUT2D eigenvalue weighted by Gasteiger charge is 2.20. The lowest BCUT2D eigenvalue weighted by Gasteiger charge is -2.27. The van der Waals surface area contributed by atoms with E-state index >= 15 is 0 Å². The molecule has 1 amide bonds. The third-order valence-electron chi connectivity index (χ3n) is 4.19. The summed E-state index contributed by atoms with van der Waals surface area (Å²) in [6.07, 6.45) is 4.53. The number of hydrogen-bond acceptors (Lipinski definition) is 5. The minimum Gasteiger partial charge on any atom is -0.485 e. The lowest BCUT2D eigenvalue weighted by molar-refractivity contribution is -0.123. The van der Waals surface area contributed by atoms with Gasteiger partial charge < -0.3 is 10.1 Å². The first-order valence-electron chi connectivity index (χ1n) is 8.43. The molecule has 1 aromatic heterocycles. The van der Waals surface area contributed by atoms with Crippen molar-refractivity contribution in [3.05, 3.63) is 36.2 Å². The fourth-order valence-corrected chi connectivity index (χ4v) is 3.03. The molecule has 0 bridgehead atoms. The van der Waals surface area contributed by atoms with E-state index < -0.39 is 0 Å². The van der Waals surface area contributed by atoms with Gasteiger partial charge in [0.2, 0.25) is 11.7 Å². The molecule has 1 N–H and O–H groups in total. The number of nitrogens with zero attached hydrogens (tertiary/aromatic N) is 4. The molecule has 1 saturated carbocycles.